The van der Waals surface area contributed by atoms with E-state index in [4.69, 9.17) is 4.84 Å². The van der Waals surface area contributed by atoms with Crippen LogP contribution in [0.15, 0.2) is 110 Å². The summed E-state index contributed by atoms with van der Waals surface area (Å²) in [5.74, 6) is -3.13. The minimum absolute atomic E-state index is 0. The zero-order chi connectivity index (χ0) is 50.9. The molecule has 0 atom stereocenters. The molecule has 1 fully saturated rings. The van der Waals surface area contributed by atoms with Gasteiger partial charge in [0.25, 0.3) is 11.8 Å². The van der Waals surface area contributed by atoms with Crippen molar-refractivity contribution in [3.63, 3.8) is 0 Å². The van der Waals surface area contributed by atoms with Gasteiger partial charge in [0.1, 0.15) is 0 Å². The van der Waals surface area contributed by atoms with E-state index in [2.05, 4.69) is 39.3 Å². The van der Waals surface area contributed by atoms with Crippen LogP contribution in [0.2, 0.25) is 0 Å². The summed E-state index contributed by atoms with van der Waals surface area (Å²) in [6.45, 7) is 2.00. The maximum absolute atomic E-state index is 11.8. The molecule has 73 heavy (non-hydrogen) atoms. The Hall–Kier alpha value is -3.91. The average Bonchev–Trinajstić information content (AvgIpc) is 3.60. The van der Waals surface area contributed by atoms with Gasteiger partial charge in [-0.25, -0.2) is 30.0 Å². The van der Waals surface area contributed by atoms with Crippen molar-refractivity contribution in [3.8, 4) is 34.2 Å². The Kier molecular flexibility index (Phi) is 27.9. The molecule has 30 heteroatoms. The summed E-state index contributed by atoms with van der Waals surface area (Å²) < 4.78 is 101. The number of nitrogens with zero attached hydrogens (tertiary/aromatic N) is 7. The van der Waals surface area contributed by atoms with Crippen LogP contribution >= 0.6 is 12.0 Å². The van der Waals surface area contributed by atoms with Gasteiger partial charge in [0, 0.05) is 93.7 Å². The molecular weight excluding hydrogens is 1150 g/mol. The summed E-state index contributed by atoms with van der Waals surface area (Å²) in [7, 11) is -13.2. The van der Waals surface area contributed by atoms with Crippen molar-refractivity contribution in [2.24, 2.45) is 0 Å². The number of imide groups is 1. The first-order chi connectivity index (χ1) is 33.1. The van der Waals surface area contributed by atoms with Gasteiger partial charge in [0.05, 0.1) is 81.8 Å². The zero-order valence-electron chi connectivity index (χ0n) is 38.9. The van der Waals surface area contributed by atoms with E-state index in [1.54, 1.807) is 30.7 Å². The quantitative estimate of drug-likeness (QED) is 0.0159. The van der Waals surface area contributed by atoms with E-state index < -0.39 is 65.4 Å². The molecule has 7 heterocycles. The Bertz CT molecular complexity index is 3080. The van der Waals surface area contributed by atoms with Crippen LogP contribution in [-0.4, -0.2) is 91.7 Å². The SMILES string of the molecule is Cc1ccnc(-c2cc(CCCC(=O)ON3C(=O)CCC3=O)ccn2)c1.O=S(=O)([O-])Cc1ccnc(-c2cc(CS(=O)(=O)[O-])ccn2)c1.O=S(=O)([O-])Cc1ccnc(-c2cc(CSOO[O-])ccn2)c1.[Na+].[Na+].[Ru]. The Morgan fingerprint density at radius 1 is 0.575 bits per heavy atom. The van der Waals surface area contributed by atoms with E-state index in [0.717, 1.165) is 40.1 Å². The summed E-state index contributed by atoms with van der Waals surface area (Å²) in [6.07, 6.45) is 10.6. The van der Waals surface area contributed by atoms with Gasteiger partial charge >= 0.3 is 65.1 Å². The fourth-order valence-corrected chi connectivity index (χ4v) is 8.40. The number of amides is 2. The Morgan fingerprint density at radius 2 is 0.918 bits per heavy atom. The van der Waals surface area contributed by atoms with Crippen LogP contribution in [0.25, 0.3) is 34.2 Å². The number of rotatable bonds is 18. The normalized spacial score (nSPS) is 12.2. The van der Waals surface area contributed by atoms with Crippen LogP contribution in [0, 0.1) is 6.92 Å². The average molecular weight is 1190 g/mol. The van der Waals surface area contributed by atoms with E-state index in [1.165, 1.54) is 55.0 Å². The molecule has 0 saturated carbocycles. The molecule has 0 unspecified atom stereocenters. The smallest absolute Gasteiger partial charge is 0.748 e. The van der Waals surface area contributed by atoms with Gasteiger partial charge in [0.15, 0.2) is 0 Å². The maximum Gasteiger partial charge on any atom is 1.00 e. The number of hydrogen-bond donors (Lipinski definition) is 0. The third kappa shape index (κ3) is 24.1. The van der Waals surface area contributed by atoms with Gasteiger partial charge in [-0.1, -0.05) is 0 Å². The van der Waals surface area contributed by atoms with E-state index in [9.17, 15) is 58.6 Å². The zero-order valence-corrected chi connectivity index (χ0v) is 47.9. The molecule has 23 nitrogen and oxygen atoms in total. The number of hydroxylamine groups is 2. The number of carbonyl (C=O) groups excluding carboxylic acids is 3. The second-order valence-electron chi connectivity index (χ2n) is 14.9. The minimum atomic E-state index is -4.43. The summed E-state index contributed by atoms with van der Waals surface area (Å²) in [5, 5.41) is 13.5. The van der Waals surface area contributed by atoms with Gasteiger partial charge in [-0.3, -0.25) is 44.5 Å². The molecule has 0 bridgehead atoms. The van der Waals surface area contributed by atoms with Crippen molar-refractivity contribution in [2.45, 2.75) is 62.0 Å². The first-order valence-electron chi connectivity index (χ1n) is 20.3. The summed E-state index contributed by atoms with van der Waals surface area (Å²) in [6, 6.07) is 19.6. The van der Waals surface area contributed by atoms with Crippen molar-refractivity contribution in [1.29, 1.82) is 0 Å². The molecule has 2 amide bonds. The van der Waals surface area contributed by atoms with E-state index in [-0.39, 0.29) is 120 Å². The van der Waals surface area contributed by atoms with Gasteiger partial charge in [-0.15, -0.1) is 5.06 Å². The van der Waals surface area contributed by atoms with Crippen LogP contribution in [-0.2, 0) is 108 Å². The maximum atomic E-state index is 11.8. The third-order valence-corrected chi connectivity index (χ3v) is 11.9. The second-order valence-corrected chi connectivity index (χ2v) is 19.7. The number of carbonyl (C=O) groups is 3. The van der Waals surface area contributed by atoms with Crippen molar-refractivity contribution in [2.75, 3.05) is 0 Å². The molecule has 1 saturated heterocycles. The predicted octanol–water partition coefficient (Wildman–Crippen LogP) is -2.82. The molecular formula is C43H39N7Na2O16RuS4-2. The minimum Gasteiger partial charge on any atom is -0.748 e. The number of aromatic nitrogens is 6. The predicted molar refractivity (Wildman–Crippen MR) is 241 cm³/mol. The molecule has 378 valence electrons. The number of hydrogen-bond acceptors (Lipinski definition) is 23. The molecule has 0 radical (unpaired) electrons. The summed E-state index contributed by atoms with van der Waals surface area (Å²) >= 11 is 0.818. The fourth-order valence-electron chi connectivity index (χ4n) is 6.23. The summed E-state index contributed by atoms with van der Waals surface area (Å²) in [4.78, 5) is 64.4. The standard InChI is InChI=1S/C19H19N3O4.2C12H12N2O6S2.2Na.Ru/c1-13-7-9-20-15(11-13)16-12-14(8-10-21-16)3-2-4-19(25)26-22-17(23)5-6-18(22)24;15-21(16,17)7-9-1-3-13-11(5-9)12-6-10(2-4-14-12)8-22(18,19)20;15-19-20-21-7-9-1-3-13-11(5-9)12-6-10(2-4-14-12)8-22(16,17)18;;;/h7-12H,2-6H2,1H3;1-6H,7-8H2,(H,15,16,17)(H,18,19,20);1-6,15H,7-8H2,(H,16,17,18);;;/q;;;2*+1;/p-4. The van der Waals surface area contributed by atoms with E-state index in [0.29, 0.717) is 40.6 Å². The number of pyridine rings is 6. The molecule has 0 N–H and O–H groups in total. The molecule has 6 aromatic heterocycles. The molecule has 7 rings (SSSR count). The van der Waals surface area contributed by atoms with Crippen molar-refractivity contribution >= 4 is 60.2 Å². The van der Waals surface area contributed by atoms with Crippen LogP contribution in [0.3, 0.4) is 0 Å². The first kappa shape index (κ1) is 65.2. The van der Waals surface area contributed by atoms with Crippen molar-refractivity contribution in [3.05, 3.63) is 143 Å². The third-order valence-electron chi connectivity index (χ3n) is 9.20. The van der Waals surface area contributed by atoms with Gasteiger partial charge in [-0.2, -0.15) is 4.33 Å². The second kappa shape index (κ2) is 31.2. The molecule has 1 aliphatic rings. The van der Waals surface area contributed by atoms with Gasteiger partial charge < -0.3 is 23.8 Å². The van der Waals surface area contributed by atoms with Crippen LogP contribution in [0.5, 0.6) is 0 Å². The first-order valence-corrected chi connectivity index (χ1v) is 25.9. The van der Waals surface area contributed by atoms with Gasteiger partial charge in [-0.05, 0) is 126 Å². The van der Waals surface area contributed by atoms with Crippen molar-refractivity contribution < 1.29 is 151 Å². The molecule has 1 aliphatic heterocycles. The Labute approximate surface area is 481 Å². The fraction of sp³-hybridized carbons (Fsp3) is 0.233. The molecule has 0 aliphatic carbocycles. The molecule has 6 aromatic rings. The van der Waals surface area contributed by atoms with Crippen LogP contribution in [0.1, 0.15) is 59.1 Å². The van der Waals surface area contributed by atoms with Crippen LogP contribution in [0.4, 0.5) is 0 Å². The topological polar surface area (TPSA) is 354 Å². The van der Waals surface area contributed by atoms with E-state index in [1.807, 2.05) is 31.2 Å². The summed E-state index contributed by atoms with van der Waals surface area (Å²) in [5.41, 5.74) is 6.82. The van der Waals surface area contributed by atoms with Crippen molar-refractivity contribution in [1.82, 2.24) is 35.0 Å². The van der Waals surface area contributed by atoms with Crippen LogP contribution < -0.4 is 64.4 Å². The molecule has 0 spiro atoms. The monoisotopic (exact) mass is 1190 g/mol. The Morgan fingerprint density at radius 3 is 1.30 bits per heavy atom. The molecule has 0 aromatic carbocycles. The largest absolute Gasteiger partial charge is 1.00 e. The number of aryl methyl sites for hydroxylation is 2. The van der Waals surface area contributed by atoms with Gasteiger partial charge in [0.2, 0.25) is 0 Å². The van der Waals surface area contributed by atoms with E-state index >= 15 is 0 Å². The Balaban J connectivity index is 0.000000369.